The van der Waals surface area contributed by atoms with Crippen molar-refractivity contribution in [2.24, 2.45) is 11.7 Å². The number of anilines is 1. The van der Waals surface area contributed by atoms with Crippen LogP contribution < -0.4 is 16.6 Å². The maximum atomic E-state index is 11.8. The second kappa shape index (κ2) is 6.35. The Kier molecular flexibility index (Phi) is 5.09. The largest absolute Gasteiger partial charge is 0.323 e. The van der Waals surface area contributed by atoms with E-state index in [1.54, 1.807) is 12.3 Å². The molecular formula is C13H21N3O2. The van der Waals surface area contributed by atoms with Crippen molar-refractivity contribution >= 4 is 11.6 Å². The fourth-order valence-electron chi connectivity index (χ4n) is 1.70. The SMILES string of the molecule is CCn1cc(NC(=O)C(N)CC(C)C)ccc1=O. The van der Waals surface area contributed by atoms with Gasteiger partial charge in [0.15, 0.2) is 0 Å². The zero-order valence-corrected chi connectivity index (χ0v) is 11.1. The number of hydrogen-bond acceptors (Lipinski definition) is 3. The number of nitrogens with one attached hydrogen (secondary N) is 1. The molecule has 0 saturated carbocycles. The summed E-state index contributed by atoms with van der Waals surface area (Å²) in [6, 6.07) is 2.51. The van der Waals surface area contributed by atoms with Gasteiger partial charge in [-0.3, -0.25) is 9.59 Å². The van der Waals surface area contributed by atoms with Crippen LogP contribution in [0.5, 0.6) is 0 Å². The van der Waals surface area contributed by atoms with E-state index in [4.69, 9.17) is 5.73 Å². The molecule has 5 nitrogen and oxygen atoms in total. The Morgan fingerprint density at radius 3 is 2.67 bits per heavy atom. The van der Waals surface area contributed by atoms with E-state index in [1.807, 2.05) is 20.8 Å². The van der Waals surface area contributed by atoms with Crippen LogP contribution in [0.15, 0.2) is 23.1 Å². The van der Waals surface area contributed by atoms with E-state index >= 15 is 0 Å². The Morgan fingerprint density at radius 2 is 2.11 bits per heavy atom. The van der Waals surface area contributed by atoms with Gasteiger partial charge < -0.3 is 15.6 Å². The first-order valence-corrected chi connectivity index (χ1v) is 6.21. The molecule has 1 unspecified atom stereocenters. The fraction of sp³-hybridized carbons (Fsp3) is 0.538. The van der Waals surface area contributed by atoms with Gasteiger partial charge in [0.05, 0.1) is 11.7 Å². The summed E-state index contributed by atoms with van der Waals surface area (Å²) in [4.78, 5) is 23.2. The summed E-state index contributed by atoms with van der Waals surface area (Å²) in [6.07, 6.45) is 2.27. The third-order valence-corrected chi connectivity index (χ3v) is 2.65. The molecule has 0 aliphatic carbocycles. The van der Waals surface area contributed by atoms with E-state index < -0.39 is 6.04 Å². The molecule has 100 valence electrons. The average Bonchev–Trinajstić information content (AvgIpc) is 2.30. The van der Waals surface area contributed by atoms with E-state index in [2.05, 4.69) is 5.32 Å². The van der Waals surface area contributed by atoms with Crippen LogP contribution in [-0.2, 0) is 11.3 Å². The van der Waals surface area contributed by atoms with Crippen LogP contribution in [0.1, 0.15) is 27.2 Å². The van der Waals surface area contributed by atoms with Gasteiger partial charge in [0, 0.05) is 18.8 Å². The summed E-state index contributed by atoms with van der Waals surface area (Å²) in [5.74, 6) is 0.153. The maximum absolute atomic E-state index is 11.8. The highest BCUT2D eigenvalue weighted by Crippen LogP contribution is 2.07. The lowest BCUT2D eigenvalue weighted by atomic mass is 10.0. The quantitative estimate of drug-likeness (QED) is 0.825. The predicted octanol–water partition coefficient (Wildman–Crippen LogP) is 1.18. The zero-order chi connectivity index (χ0) is 13.7. The van der Waals surface area contributed by atoms with Crippen LogP contribution in [0.4, 0.5) is 5.69 Å². The van der Waals surface area contributed by atoms with Crippen LogP contribution in [0, 0.1) is 5.92 Å². The van der Waals surface area contributed by atoms with Gasteiger partial charge in [-0.15, -0.1) is 0 Å². The molecule has 0 aliphatic rings. The number of amides is 1. The first-order valence-electron chi connectivity index (χ1n) is 6.21. The van der Waals surface area contributed by atoms with Crippen molar-refractivity contribution in [1.82, 2.24) is 4.57 Å². The number of aryl methyl sites for hydroxylation is 1. The molecule has 1 aromatic heterocycles. The number of carbonyl (C=O) groups excluding carboxylic acids is 1. The summed E-state index contributed by atoms with van der Waals surface area (Å²) >= 11 is 0. The molecule has 0 radical (unpaired) electrons. The standard InChI is InChI=1S/C13H21N3O2/c1-4-16-8-10(5-6-12(16)17)15-13(18)11(14)7-9(2)3/h5-6,8-9,11H,4,7,14H2,1-3H3,(H,15,18). The lowest BCUT2D eigenvalue weighted by Crippen LogP contribution is -2.37. The smallest absolute Gasteiger partial charge is 0.250 e. The first-order chi connectivity index (χ1) is 8.43. The van der Waals surface area contributed by atoms with Crippen molar-refractivity contribution in [3.8, 4) is 0 Å². The molecule has 0 aliphatic heterocycles. The van der Waals surface area contributed by atoms with Gasteiger partial charge in [-0.25, -0.2) is 0 Å². The van der Waals surface area contributed by atoms with Crippen molar-refractivity contribution < 1.29 is 4.79 Å². The van der Waals surface area contributed by atoms with Crippen molar-refractivity contribution in [3.05, 3.63) is 28.7 Å². The molecule has 1 heterocycles. The minimum atomic E-state index is -0.521. The highest BCUT2D eigenvalue weighted by Gasteiger charge is 2.15. The minimum absolute atomic E-state index is 0.0815. The summed E-state index contributed by atoms with van der Waals surface area (Å²) < 4.78 is 1.53. The lowest BCUT2D eigenvalue weighted by molar-refractivity contribution is -0.117. The monoisotopic (exact) mass is 251 g/mol. The molecular weight excluding hydrogens is 230 g/mol. The fourth-order valence-corrected chi connectivity index (χ4v) is 1.70. The highest BCUT2D eigenvalue weighted by atomic mass is 16.2. The molecule has 1 atom stereocenters. The van der Waals surface area contributed by atoms with Crippen molar-refractivity contribution in [2.45, 2.75) is 39.8 Å². The number of pyridine rings is 1. The van der Waals surface area contributed by atoms with E-state index in [0.717, 1.165) is 0 Å². The molecule has 0 saturated heterocycles. The summed E-state index contributed by atoms with van der Waals surface area (Å²) in [5, 5.41) is 2.73. The third kappa shape index (κ3) is 4.00. The second-order valence-corrected chi connectivity index (χ2v) is 4.77. The molecule has 0 bridgehead atoms. The van der Waals surface area contributed by atoms with Crippen LogP contribution in [-0.4, -0.2) is 16.5 Å². The van der Waals surface area contributed by atoms with Gasteiger partial charge in [-0.1, -0.05) is 13.8 Å². The zero-order valence-electron chi connectivity index (χ0n) is 11.1. The molecule has 1 aromatic rings. The van der Waals surface area contributed by atoms with Crippen molar-refractivity contribution in [2.75, 3.05) is 5.32 Å². The minimum Gasteiger partial charge on any atom is -0.323 e. The molecule has 0 aromatic carbocycles. The molecule has 1 rings (SSSR count). The van der Waals surface area contributed by atoms with E-state index in [0.29, 0.717) is 24.6 Å². The second-order valence-electron chi connectivity index (χ2n) is 4.77. The summed E-state index contributed by atoms with van der Waals surface area (Å²) in [6.45, 7) is 6.48. The Labute approximate surface area is 107 Å². The molecule has 18 heavy (non-hydrogen) atoms. The molecule has 0 fully saturated rings. The van der Waals surface area contributed by atoms with Gasteiger partial charge >= 0.3 is 0 Å². The summed E-state index contributed by atoms with van der Waals surface area (Å²) in [5.41, 5.74) is 6.30. The van der Waals surface area contributed by atoms with Gasteiger partial charge in [0.25, 0.3) is 5.56 Å². The Hall–Kier alpha value is -1.62. The number of nitrogens with two attached hydrogens (primary N) is 1. The molecule has 0 spiro atoms. The van der Waals surface area contributed by atoms with E-state index in [-0.39, 0.29) is 11.5 Å². The number of hydrogen-bond donors (Lipinski definition) is 2. The van der Waals surface area contributed by atoms with Crippen molar-refractivity contribution in [3.63, 3.8) is 0 Å². The molecule has 1 amide bonds. The van der Waals surface area contributed by atoms with Crippen LogP contribution in [0.2, 0.25) is 0 Å². The number of aromatic nitrogens is 1. The van der Waals surface area contributed by atoms with Gasteiger partial charge in [-0.05, 0) is 25.3 Å². The van der Waals surface area contributed by atoms with Gasteiger partial charge in [0.2, 0.25) is 5.91 Å². The van der Waals surface area contributed by atoms with Crippen molar-refractivity contribution in [1.29, 1.82) is 0 Å². The summed E-state index contributed by atoms with van der Waals surface area (Å²) in [7, 11) is 0. The molecule has 3 N–H and O–H groups in total. The topological polar surface area (TPSA) is 77.1 Å². The number of nitrogens with zero attached hydrogens (tertiary/aromatic N) is 1. The van der Waals surface area contributed by atoms with Gasteiger partial charge in [-0.2, -0.15) is 0 Å². The molecule has 5 heteroatoms. The van der Waals surface area contributed by atoms with Crippen LogP contribution >= 0.6 is 0 Å². The third-order valence-electron chi connectivity index (χ3n) is 2.65. The Bertz CT molecular complexity index is 466. The van der Waals surface area contributed by atoms with E-state index in [9.17, 15) is 9.59 Å². The highest BCUT2D eigenvalue weighted by molar-refractivity contribution is 5.94. The Balaban J connectivity index is 2.73. The van der Waals surface area contributed by atoms with Crippen LogP contribution in [0.3, 0.4) is 0 Å². The number of carbonyl (C=O) groups is 1. The van der Waals surface area contributed by atoms with E-state index in [1.165, 1.54) is 10.6 Å². The maximum Gasteiger partial charge on any atom is 0.250 e. The van der Waals surface area contributed by atoms with Crippen LogP contribution in [0.25, 0.3) is 0 Å². The lowest BCUT2D eigenvalue weighted by Gasteiger charge is -2.14. The Morgan fingerprint density at radius 1 is 1.44 bits per heavy atom. The number of rotatable bonds is 5. The van der Waals surface area contributed by atoms with Gasteiger partial charge in [0.1, 0.15) is 0 Å². The predicted molar refractivity (Wildman–Crippen MR) is 72.4 cm³/mol. The average molecular weight is 251 g/mol. The first kappa shape index (κ1) is 14.4. The normalized spacial score (nSPS) is 12.5.